The lowest BCUT2D eigenvalue weighted by molar-refractivity contribution is -0.159. The van der Waals surface area contributed by atoms with E-state index in [1.165, 1.54) is 5.01 Å². The summed E-state index contributed by atoms with van der Waals surface area (Å²) >= 11 is 0. The van der Waals surface area contributed by atoms with Crippen molar-refractivity contribution in [2.45, 2.75) is 44.6 Å². The molecule has 2 fully saturated rings. The highest BCUT2D eigenvalue weighted by atomic mass is 16.5. The molecule has 0 unspecified atom stereocenters. The van der Waals surface area contributed by atoms with Crippen molar-refractivity contribution in [3.63, 3.8) is 0 Å². The topological polar surface area (TPSA) is 98.4 Å². The summed E-state index contributed by atoms with van der Waals surface area (Å²) in [6.45, 7) is -0.394. The van der Waals surface area contributed by atoms with Gasteiger partial charge in [-0.05, 0) is 67.6 Å². The summed E-state index contributed by atoms with van der Waals surface area (Å²) in [5, 5.41) is 5.91. The average molecular weight is 465 g/mol. The quantitative estimate of drug-likeness (QED) is 0.601. The van der Waals surface area contributed by atoms with Crippen LogP contribution in [0.15, 0.2) is 52.2 Å². The fraction of sp³-hybridized carbons (Fsp3) is 0.462. The molecular formula is C26H28N2O6. The molecule has 0 spiro atoms. The van der Waals surface area contributed by atoms with Crippen LogP contribution in [0, 0.1) is 17.8 Å². The third kappa shape index (κ3) is 4.36. The monoisotopic (exact) mass is 464 g/mol. The Morgan fingerprint density at radius 2 is 1.85 bits per heavy atom. The average Bonchev–Trinajstić information content (AvgIpc) is 3.52. The molecule has 5 rings (SSSR count). The second-order valence-corrected chi connectivity index (χ2v) is 9.25. The van der Waals surface area contributed by atoms with Crippen molar-refractivity contribution in [2.24, 2.45) is 22.9 Å². The van der Waals surface area contributed by atoms with Crippen molar-refractivity contribution < 1.29 is 28.3 Å². The molecule has 1 aliphatic heterocycles. The van der Waals surface area contributed by atoms with Crippen LogP contribution in [0.5, 0.6) is 5.75 Å². The minimum absolute atomic E-state index is 0.0423. The Balaban J connectivity index is 1.27. The van der Waals surface area contributed by atoms with E-state index in [1.807, 2.05) is 24.3 Å². The number of benzene rings is 1. The first-order valence-corrected chi connectivity index (χ1v) is 11.8. The predicted molar refractivity (Wildman–Crippen MR) is 122 cm³/mol. The number of fused-ring (bicyclic) bond motifs is 2. The molecule has 2 aromatic rings. The summed E-state index contributed by atoms with van der Waals surface area (Å²) in [6, 6.07) is 10.6. The van der Waals surface area contributed by atoms with Gasteiger partial charge in [0.1, 0.15) is 23.3 Å². The van der Waals surface area contributed by atoms with Crippen molar-refractivity contribution in [2.75, 3.05) is 13.7 Å². The normalized spacial score (nSPS) is 26.2. The fourth-order valence-electron chi connectivity index (χ4n) is 5.39. The third-order valence-electron chi connectivity index (χ3n) is 7.18. The summed E-state index contributed by atoms with van der Waals surface area (Å²) in [4.78, 5) is 38.1. The van der Waals surface area contributed by atoms with Crippen LogP contribution in [0.3, 0.4) is 0 Å². The van der Waals surface area contributed by atoms with Crippen LogP contribution in [0.1, 0.15) is 55.9 Å². The number of carbonyl (C=O) groups is 3. The van der Waals surface area contributed by atoms with Crippen molar-refractivity contribution in [1.29, 1.82) is 0 Å². The van der Waals surface area contributed by atoms with Crippen LogP contribution in [0.2, 0.25) is 0 Å². The summed E-state index contributed by atoms with van der Waals surface area (Å²) in [5.41, 5.74) is 1.62. The minimum atomic E-state index is -0.412. The van der Waals surface area contributed by atoms with E-state index in [9.17, 15) is 14.4 Å². The molecule has 34 heavy (non-hydrogen) atoms. The third-order valence-corrected chi connectivity index (χ3v) is 7.18. The Bertz CT molecular complexity index is 1080. The van der Waals surface area contributed by atoms with E-state index in [1.54, 1.807) is 25.5 Å². The highest BCUT2D eigenvalue weighted by Gasteiger charge is 2.42. The predicted octanol–water partition coefficient (Wildman–Crippen LogP) is 3.90. The molecular weight excluding hydrogens is 436 g/mol. The van der Waals surface area contributed by atoms with Gasteiger partial charge in [0.25, 0.3) is 5.91 Å². The maximum atomic E-state index is 13.1. The van der Waals surface area contributed by atoms with Crippen molar-refractivity contribution in [1.82, 2.24) is 5.01 Å². The largest absolute Gasteiger partial charge is 0.497 e. The van der Waals surface area contributed by atoms with Crippen molar-refractivity contribution in [3.05, 3.63) is 54.0 Å². The standard InChI is InChI=1S/C26H28N2O6/c1-32-20-9-7-16(8-10-20)21-14-22(23-6-3-11-33-23)28(27-21)24(29)15-34-26(31)19-12-17-4-2-5-18(13-19)25(17)30/h3,6-11,17-19,22H,2,4-5,12-15H2,1H3/t17-,18-,22-/m1/s1. The van der Waals surface area contributed by atoms with Gasteiger partial charge in [0, 0.05) is 18.3 Å². The van der Waals surface area contributed by atoms with Crippen LogP contribution in [-0.2, 0) is 19.1 Å². The zero-order valence-corrected chi connectivity index (χ0v) is 19.1. The Kier molecular flexibility index (Phi) is 6.22. The SMILES string of the molecule is COc1ccc(C2=NN(C(=O)COC(=O)C3C[C@H]4CCC[C@H](C3)C4=O)[C@@H](c3ccco3)C2)cc1. The van der Waals surface area contributed by atoms with E-state index in [-0.39, 0.29) is 17.8 Å². The molecule has 2 bridgehead atoms. The molecule has 1 aromatic heterocycles. The molecule has 2 aliphatic carbocycles. The summed E-state index contributed by atoms with van der Waals surface area (Å²) in [6.07, 6.45) is 5.83. The zero-order valence-electron chi connectivity index (χ0n) is 19.1. The molecule has 0 N–H and O–H groups in total. The molecule has 0 radical (unpaired) electrons. The van der Waals surface area contributed by atoms with Crippen molar-refractivity contribution >= 4 is 23.4 Å². The first kappa shape index (κ1) is 22.4. The number of hydrogen-bond donors (Lipinski definition) is 0. The fourth-order valence-corrected chi connectivity index (χ4v) is 5.39. The van der Waals surface area contributed by atoms with Gasteiger partial charge in [0.15, 0.2) is 6.61 Å². The van der Waals surface area contributed by atoms with E-state index in [4.69, 9.17) is 13.9 Å². The highest BCUT2D eigenvalue weighted by molar-refractivity contribution is 6.03. The van der Waals surface area contributed by atoms with Gasteiger partial charge in [-0.15, -0.1) is 0 Å². The maximum Gasteiger partial charge on any atom is 0.309 e. The number of ether oxygens (including phenoxy) is 2. The first-order chi connectivity index (χ1) is 16.5. The first-order valence-electron chi connectivity index (χ1n) is 11.8. The number of carbonyl (C=O) groups excluding carboxylic acids is 3. The van der Waals surface area contributed by atoms with E-state index in [2.05, 4.69) is 5.10 Å². The number of nitrogens with zero attached hydrogens (tertiary/aromatic N) is 2. The van der Waals surface area contributed by atoms with Gasteiger partial charge in [0.2, 0.25) is 0 Å². The number of esters is 1. The molecule has 178 valence electrons. The van der Waals surface area contributed by atoms with Gasteiger partial charge in [-0.25, -0.2) is 5.01 Å². The van der Waals surface area contributed by atoms with Crippen LogP contribution in [0.4, 0.5) is 0 Å². The Hall–Kier alpha value is -3.42. The van der Waals surface area contributed by atoms with Gasteiger partial charge < -0.3 is 13.9 Å². The Labute approximate surface area is 197 Å². The van der Waals surface area contributed by atoms with Crippen LogP contribution >= 0.6 is 0 Å². The number of amides is 1. The molecule has 2 heterocycles. The smallest absolute Gasteiger partial charge is 0.309 e. The van der Waals surface area contributed by atoms with Crippen LogP contribution in [0.25, 0.3) is 0 Å². The molecule has 8 nitrogen and oxygen atoms in total. The highest BCUT2D eigenvalue weighted by Crippen LogP contribution is 2.40. The maximum absolute atomic E-state index is 13.1. The van der Waals surface area contributed by atoms with Gasteiger partial charge in [-0.1, -0.05) is 6.42 Å². The number of methoxy groups -OCH3 is 1. The Morgan fingerprint density at radius 1 is 1.12 bits per heavy atom. The lowest BCUT2D eigenvalue weighted by atomic mass is 9.67. The van der Waals surface area contributed by atoms with Gasteiger partial charge in [-0.2, -0.15) is 5.10 Å². The second-order valence-electron chi connectivity index (χ2n) is 9.25. The number of Topliss-reactive ketones (excluding diaryl/α,β-unsaturated/α-hetero) is 1. The molecule has 3 atom stereocenters. The van der Waals surface area contributed by atoms with E-state index < -0.39 is 24.5 Å². The van der Waals surface area contributed by atoms with Crippen molar-refractivity contribution in [3.8, 4) is 5.75 Å². The summed E-state index contributed by atoms with van der Waals surface area (Å²) in [5.74, 6) is 0.433. The number of furan rings is 1. The molecule has 3 aliphatic rings. The number of hydrazone groups is 1. The van der Waals surface area contributed by atoms with E-state index in [0.29, 0.717) is 30.8 Å². The number of rotatable bonds is 6. The molecule has 1 aromatic carbocycles. The lowest BCUT2D eigenvalue weighted by Crippen LogP contribution is -2.40. The lowest BCUT2D eigenvalue weighted by Gasteiger charge is -2.36. The summed E-state index contributed by atoms with van der Waals surface area (Å²) in [7, 11) is 1.61. The van der Waals surface area contributed by atoms with Gasteiger partial charge >= 0.3 is 5.97 Å². The molecule has 8 heteroatoms. The van der Waals surface area contributed by atoms with Crippen LogP contribution in [-0.4, -0.2) is 42.1 Å². The van der Waals surface area contributed by atoms with Gasteiger partial charge in [0.05, 0.1) is 25.0 Å². The Morgan fingerprint density at radius 3 is 2.50 bits per heavy atom. The zero-order chi connectivity index (χ0) is 23.7. The van der Waals surface area contributed by atoms with Gasteiger partial charge in [-0.3, -0.25) is 14.4 Å². The second kappa shape index (κ2) is 9.44. The summed E-state index contributed by atoms with van der Waals surface area (Å²) < 4.78 is 16.2. The van der Waals surface area contributed by atoms with E-state index in [0.717, 1.165) is 36.3 Å². The number of ketones is 1. The van der Waals surface area contributed by atoms with Crippen LogP contribution < -0.4 is 4.74 Å². The van der Waals surface area contributed by atoms with E-state index >= 15 is 0 Å². The molecule has 1 amide bonds. The number of hydrogen-bond acceptors (Lipinski definition) is 7. The molecule has 2 saturated carbocycles. The minimum Gasteiger partial charge on any atom is -0.497 e. The molecule has 0 saturated heterocycles.